The van der Waals surface area contributed by atoms with Gasteiger partial charge in [-0.1, -0.05) is 43.2 Å². The molecule has 0 bridgehead atoms. The first-order chi connectivity index (χ1) is 10.1. The zero-order valence-electron chi connectivity index (χ0n) is 11.9. The van der Waals surface area contributed by atoms with E-state index in [1.54, 1.807) is 24.3 Å². The number of rotatable bonds is 5. The van der Waals surface area contributed by atoms with Gasteiger partial charge in [0.1, 0.15) is 5.92 Å². The summed E-state index contributed by atoms with van der Waals surface area (Å²) in [5.74, 6) is -1.75. The Morgan fingerprint density at radius 3 is 2.43 bits per heavy atom. The van der Waals surface area contributed by atoms with Crippen molar-refractivity contribution in [2.75, 3.05) is 6.54 Å². The average Bonchev–Trinajstić information content (AvgIpc) is 3.00. The highest BCUT2D eigenvalue weighted by molar-refractivity contribution is 5.90. The molecule has 0 saturated heterocycles. The minimum absolute atomic E-state index is 0.0181. The normalized spacial score (nSPS) is 16.1. The number of primary amides is 1. The molecule has 1 unspecified atom stereocenters. The van der Waals surface area contributed by atoms with Crippen LogP contribution in [0.1, 0.15) is 37.2 Å². The van der Waals surface area contributed by atoms with Crippen molar-refractivity contribution in [1.82, 2.24) is 4.90 Å². The maximum Gasteiger partial charge on any atom is 0.245 e. The molecular formula is C16H19N3O2. The summed E-state index contributed by atoms with van der Waals surface area (Å²) in [7, 11) is 0. The number of benzene rings is 1. The molecule has 1 aromatic carbocycles. The van der Waals surface area contributed by atoms with E-state index in [4.69, 9.17) is 5.73 Å². The number of hydrogen-bond acceptors (Lipinski definition) is 3. The van der Waals surface area contributed by atoms with Crippen LogP contribution in [0.25, 0.3) is 0 Å². The van der Waals surface area contributed by atoms with Crippen molar-refractivity contribution in [2.45, 2.75) is 37.6 Å². The van der Waals surface area contributed by atoms with E-state index < -0.39 is 11.8 Å². The summed E-state index contributed by atoms with van der Waals surface area (Å²) in [5.41, 5.74) is 5.91. The van der Waals surface area contributed by atoms with Gasteiger partial charge in [-0.25, -0.2) is 0 Å². The zero-order chi connectivity index (χ0) is 15.2. The molecule has 1 aliphatic rings. The molecule has 2 rings (SSSR count). The van der Waals surface area contributed by atoms with Gasteiger partial charge in [0.15, 0.2) is 0 Å². The van der Waals surface area contributed by atoms with E-state index in [-0.39, 0.29) is 18.5 Å². The Kier molecular flexibility index (Phi) is 4.94. The van der Waals surface area contributed by atoms with Crippen LogP contribution in [0.15, 0.2) is 30.3 Å². The van der Waals surface area contributed by atoms with Gasteiger partial charge in [0.25, 0.3) is 0 Å². The molecule has 0 heterocycles. The standard InChI is InChI=1S/C16H19N3O2/c17-10-14(12-6-2-1-3-7-12)16(21)19(11-15(18)20)13-8-4-5-9-13/h1-3,6-7,13-14H,4-5,8-9,11H2,(H2,18,20). The molecule has 1 aromatic rings. The highest BCUT2D eigenvalue weighted by Crippen LogP contribution is 2.27. The number of nitrogens with two attached hydrogens (primary N) is 1. The minimum Gasteiger partial charge on any atom is -0.368 e. The Balaban J connectivity index is 2.23. The van der Waals surface area contributed by atoms with Crippen molar-refractivity contribution >= 4 is 11.8 Å². The summed E-state index contributed by atoms with van der Waals surface area (Å²) in [6, 6.07) is 11.0. The van der Waals surface area contributed by atoms with Crippen LogP contribution in [0.5, 0.6) is 0 Å². The van der Waals surface area contributed by atoms with Gasteiger partial charge in [-0.05, 0) is 18.4 Å². The lowest BCUT2D eigenvalue weighted by molar-refractivity contribution is -0.137. The predicted molar refractivity (Wildman–Crippen MR) is 78.0 cm³/mol. The van der Waals surface area contributed by atoms with E-state index >= 15 is 0 Å². The third-order valence-electron chi connectivity index (χ3n) is 3.88. The van der Waals surface area contributed by atoms with Crippen LogP contribution in [0.4, 0.5) is 0 Å². The maximum atomic E-state index is 12.7. The molecule has 0 aliphatic heterocycles. The molecule has 110 valence electrons. The molecule has 2 N–H and O–H groups in total. The topological polar surface area (TPSA) is 87.2 Å². The minimum atomic E-state index is -0.883. The smallest absolute Gasteiger partial charge is 0.245 e. The Bertz CT molecular complexity index is 544. The molecule has 0 radical (unpaired) electrons. The molecule has 1 saturated carbocycles. The largest absolute Gasteiger partial charge is 0.368 e. The number of carbonyl (C=O) groups is 2. The van der Waals surface area contributed by atoms with E-state index in [2.05, 4.69) is 6.07 Å². The third kappa shape index (κ3) is 3.60. The summed E-state index contributed by atoms with van der Waals surface area (Å²) in [6.07, 6.45) is 3.81. The van der Waals surface area contributed by atoms with Crippen molar-refractivity contribution in [3.63, 3.8) is 0 Å². The first-order valence-electron chi connectivity index (χ1n) is 7.17. The molecule has 0 aromatic heterocycles. The zero-order valence-corrected chi connectivity index (χ0v) is 11.9. The summed E-state index contributed by atoms with van der Waals surface area (Å²) in [5, 5.41) is 9.36. The molecule has 1 atom stereocenters. The average molecular weight is 285 g/mol. The quantitative estimate of drug-likeness (QED) is 0.890. The van der Waals surface area contributed by atoms with Crippen LogP contribution in [-0.2, 0) is 9.59 Å². The van der Waals surface area contributed by atoms with Gasteiger partial charge < -0.3 is 10.6 Å². The molecule has 1 fully saturated rings. The molecule has 2 amide bonds. The van der Waals surface area contributed by atoms with Crippen LogP contribution in [-0.4, -0.2) is 29.3 Å². The summed E-state index contributed by atoms with van der Waals surface area (Å²) in [6.45, 7) is -0.117. The van der Waals surface area contributed by atoms with Gasteiger partial charge in [-0.2, -0.15) is 5.26 Å². The van der Waals surface area contributed by atoms with Gasteiger partial charge in [0.05, 0.1) is 12.6 Å². The van der Waals surface area contributed by atoms with E-state index in [0.29, 0.717) is 5.56 Å². The van der Waals surface area contributed by atoms with E-state index in [1.165, 1.54) is 4.90 Å². The van der Waals surface area contributed by atoms with Crippen molar-refractivity contribution < 1.29 is 9.59 Å². The van der Waals surface area contributed by atoms with E-state index in [1.807, 2.05) is 6.07 Å². The molecule has 0 spiro atoms. The first-order valence-corrected chi connectivity index (χ1v) is 7.17. The maximum absolute atomic E-state index is 12.7. The second kappa shape index (κ2) is 6.89. The lowest BCUT2D eigenvalue weighted by Crippen LogP contribution is -2.46. The Morgan fingerprint density at radius 1 is 1.29 bits per heavy atom. The fourth-order valence-electron chi connectivity index (χ4n) is 2.85. The number of carbonyl (C=O) groups excluding carboxylic acids is 2. The Hall–Kier alpha value is -2.35. The molecule has 5 nitrogen and oxygen atoms in total. The number of nitrogens with zero attached hydrogens (tertiary/aromatic N) is 2. The van der Waals surface area contributed by atoms with Gasteiger partial charge >= 0.3 is 0 Å². The van der Waals surface area contributed by atoms with Gasteiger partial charge in [-0.3, -0.25) is 9.59 Å². The molecule has 1 aliphatic carbocycles. The van der Waals surface area contributed by atoms with Crippen LogP contribution in [0.3, 0.4) is 0 Å². The van der Waals surface area contributed by atoms with Crippen LogP contribution in [0, 0.1) is 11.3 Å². The van der Waals surface area contributed by atoms with Crippen molar-refractivity contribution in [3.05, 3.63) is 35.9 Å². The lowest BCUT2D eigenvalue weighted by atomic mass is 9.98. The van der Waals surface area contributed by atoms with Crippen molar-refractivity contribution in [3.8, 4) is 6.07 Å². The van der Waals surface area contributed by atoms with E-state index in [9.17, 15) is 14.9 Å². The second-order valence-corrected chi connectivity index (χ2v) is 5.34. The number of hydrogen-bond donors (Lipinski definition) is 1. The fourth-order valence-corrected chi connectivity index (χ4v) is 2.85. The molecular weight excluding hydrogens is 266 g/mol. The SMILES string of the molecule is N#CC(C(=O)N(CC(N)=O)C1CCCC1)c1ccccc1. The van der Waals surface area contributed by atoms with E-state index in [0.717, 1.165) is 25.7 Å². The lowest BCUT2D eigenvalue weighted by Gasteiger charge is -2.29. The Morgan fingerprint density at radius 2 is 1.90 bits per heavy atom. The fraction of sp³-hybridized carbons (Fsp3) is 0.438. The summed E-state index contributed by atoms with van der Waals surface area (Å²) < 4.78 is 0. The van der Waals surface area contributed by atoms with Gasteiger partial charge in [0.2, 0.25) is 11.8 Å². The van der Waals surface area contributed by atoms with Crippen LogP contribution < -0.4 is 5.73 Å². The van der Waals surface area contributed by atoms with Crippen molar-refractivity contribution in [1.29, 1.82) is 5.26 Å². The third-order valence-corrected chi connectivity index (χ3v) is 3.88. The highest BCUT2D eigenvalue weighted by Gasteiger charge is 2.33. The Labute approximate surface area is 124 Å². The summed E-state index contributed by atoms with van der Waals surface area (Å²) in [4.78, 5) is 25.5. The first kappa shape index (κ1) is 15.0. The number of nitriles is 1. The van der Waals surface area contributed by atoms with Gasteiger partial charge in [-0.15, -0.1) is 0 Å². The van der Waals surface area contributed by atoms with Crippen molar-refractivity contribution in [2.24, 2.45) is 5.73 Å². The highest BCUT2D eigenvalue weighted by atomic mass is 16.2. The van der Waals surface area contributed by atoms with Crippen LogP contribution in [0.2, 0.25) is 0 Å². The number of amides is 2. The summed E-state index contributed by atoms with van der Waals surface area (Å²) >= 11 is 0. The predicted octanol–water partition coefficient (Wildman–Crippen LogP) is 1.55. The monoisotopic (exact) mass is 285 g/mol. The van der Waals surface area contributed by atoms with Gasteiger partial charge in [0, 0.05) is 6.04 Å². The second-order valence-electron chi connectivity index (χ2n) is 5.34. The molecule has 21 heavy (non-hydrogen) atoms. The molecule has 5 heteroatoms. The van der Waals surface area contributed by atoms with Crippen LogP contribution >= 0.6 is 0 Å².